The van der Waals surface area contributed by atoms with Crippen LogP contribution in [0.2, 0.25) is 0 Å². The molecule has 0 saturated carbocycles. The Morgan fingerprint density at radius 1 is 0.923 bits per heavy atom. The zero-order valence-corrected chi connectivity index (χ0v) is 13.5. The predicted molar refractivity (Wildman–Crippen MR) is 92.3 cm³/mol. The third-order valence-electron chi connectivity index (χ3n) is 3.62. The molecular formula is C19H14F3N3O. The highest BCUT2D eigenvalue weighted by atomic mass is 19.2. The minimum atomic E-state index is -1.05. The van der Waals surface area contributed by atoms with Crippen molar-refractivity contribution in [1.82, 2.24) is 4.98 Å². The van der Waals surface area contributed by atoms with E-state index < -0.39 is 17.5 Å². The number of hydrogen-bond acceptors (Lipinski definition) is 3. The number of hydrogen-bond donors (Lipinski definition) is 2. The molecule has 0 radical (unpaired) electrons. The molecule has 0 atom stereocenters. The molecule has 2 N–H and O–H groups in total. The van der Waals surface area contributed by atoms with Crippen molar-refractivity contribution in [3.8, 4) is 0 Å². The molecule has 26 heavy (non-hydrogen) atoms. The van der Waals surface area contributed by atoms with Gasteiger partial charge in [-0.1, -0.05) is 18.2 Å². The van der Waals surface area contributed by atoms with Crippen molar-refractivity contribution < 1.29 is 18.0 Å². The first-order valence-electron chi connectivity index (χ1n) is 7.72. The predicted octanol–water partition coefficient (Wildman–Crippen LogP) is 4.36. The maximum Gasteiger partial charge on any atom is 0.257 e. The molecule has 132 valence electrons. The Morgan fingerprint density at radius 3 is 2.42 bits per heavy atom. The van der Waals surface area contributed by atoms with Crippen molar-refractivity contribution in [3.63, 3.8) is 0 Å². The van der Waals surface area contributed by atoms with Crippen molar-refractivity contribution in [3.05, 3.63) is 89.4 Å². The lowest BCUT2D eigenvalue weighted by molar-refractivity contribution is 0.102. The van der Waals surface area contributed by atoms with Gasteiger partial charge in [-0.15, -0.1) is 0 Å². The summed E-state index contributed by atoms with van der Waals surface area (Å²) < 4.78 is 39.6. The fourth-order valence-corrected chi connectivity index (χ4v) is 2.24. The van der Waals surface area contributed by atoms with Crippen LogP contribution in [-0.2, 0) is 6.54 Å². The molecule has 0 spiro atoms. The van der Waals surface area contributed by atoms with Crippen LogP contribution in [0.3, 0.4) is 0 Å². The van der Waals surface area contributed by atoms with E-state index >= 15 is 0 Å². The van der Waals surface area contributed by atoms with Crippen LogP contribution < -0.4 is 10.6 Å². The van der Waals surface area contributed by atoms with Crippen LogP contribution in [0.25, 0.3) is 0 Å². The van der Waals surface area contributed by atoms with Gasteiger partial charge < -0.3 is 10.6 Å². The molecule has 0 fully saturated rings. The molecule has 0 unspecified atom stereocenters. The first kappa shape index (κ1) is 17.5. The second kappa shape index (κ2) is 7.69. The fraction of sp³-hybridized carbons (Fsp3) is 0.0526. The Balaban J connectivity index is 1.62. The van der Waals surface area contributed by atoms with E-state index in [1.807, 2.05) is 0 Å². The lowest BCUT2D eigenvalue weighted by atomic mass is 10.2. The number of benzene rings is 2. The molecule has 7 heteroatoms. The van der Waals surface area contributed by atoms with Gasteiger partial charge in [0, 0.05) is 30.1 Å². The number of nitrogens with zero attached hydrogens (tertiary/aromatic N) is 1. The zero-order valence-electron chi connectivity index (χ0n) is 13.5. The van der Waals surface area contributed by atoms with E-state index in [1.54, 1.807) is 24.3 Å². The molecule has 4 nitrogen and oxygen atoms in total. The van der Waals surface area contributed by atoms with E-state index in [0.29, 0.717) is 11.4 Å². The summed E-state index contributed by atoms with van der Waals surface area (Å²) in [4.78, 5) is 16.2. The first-order valence-corrected chi connectivity index (χ1v) is 7.72. The smallest absolute Gasteiger partial charge is 0.257 e. The van der Waals surface area contributed by atoms with E-state index in [9.17, 15) is 18.0 Å². The molecule has 1 heterocycles. The monoisotopic (exact) mass is 357 g/mol. The van der Waals surface area contributed by atoms with E-state index in [-0.39, 0.29) is 23.6 Å². The molecule has 0 aliphatic carbocycles. The van der Waals surface area contributed by atoms with Crippen LogP contribution in [0.15, 0.2) is 60.8 Å². The van der Waals surface area contributed by atoms with Crippen molar-refractivity contribution in [1.29, 1.82) is 0 Å². The van der Waals surface area contributed by atoms with Gasteiger partial charge >= 0.3 is 0 Å². The van der Waals surface area contributed by atoms with Gasteiger partial charge in [-0.3, -0.25) is 4.79 Å². The average Bonchev–Trinajstić information content (AvgIpc) is 2.64. The number of pyridine rings is 1. The molecule has 0 aliphatic heterocycles. The summed E-state index contributed by atoms with van der Waals surface area (Å²) in [6.07, 6.45) is 1.33. The molecule has 0 aliphatic rings. The van der Waals surface area contributed by atoms with Crippen molar-refractivity contribution >= 4 is 17.4 Å². The lowest BCUT2D eigenvalue weighted by Crippen LogP contribution is -2.13. The summed E-state index contributed by atoms with van der Waals surface area (Å²) in [6.45, 7) is 0.250. The normalized spacial score (nSPS) is 10.4. The topological polar surface area (TPSA) is 54.0 Å². The van der Waals surface area contributed by atoms with Gasteiger partial charge in [0.25, 0.3) is 5.91 Å². The Kier molecular flexibility index (Phi) is 5.17. The zero-order chi connectivity index (χ0) is 18.5. The largest absolute Gasteiger partial charge is 0.366 e. The molecular weight excluding hydrogens is 343 g/mol. The summed E-state index contributed by atoms with van der Waals surface area (Å²) in [6, 6.07) is 12.5. The highest BCUT2D eigenvalue weighted by Gasteiger charge is 2.09. The Morgan fingerprint density at radius 2 is 1.73 bits per heavy atom. The van der Waals surface area contributed by atoms with E-state index in [4.69, 9.17) is 0 Å². The molecule has 1 aromatic heterocycles. The summed E-state index contributed by atoms with van der Waals surface area (Å²) in [7, 11) is 0. The molecule has 3 aromatic rings. The summed E-state index contributed by atoms with van der Waals surface area (Å²) in [5.74, 6) is -2.40. The number of rotatable bonds is 5. The number of nitrogens with one attached hydrogen (secondary N) is 2. The van der Waals surface area contributed by atoms with Crippen LogP contribution in [0, 0.1) is 17.5 Å². The van der Waals surface area contributed by atoms with Gasteiger partial charge in [0.15, 0.2) is 11.6 Å². The van der Waals surface area contributed by atoms with Gasteiger partial charge in [0.05, 0.1) is 5.56 Å². The first-order chi connectivity index (χ1) is 12.5. The van der Waals surface area contributed by atoms with Crippen molar-refractivity contribution in [2.45, 2.75) is 6.54 Å². The molecule has 0 bridgehead atoms. The van der Waals surface area contributed by atoms with E-state index in [2.05, 4.69) is 15.6 Å². The molecule has 3 rings (SSSR count). The van der Waals surface area contributed by atoms with Crippen molar-refractivity contribution in [2.24, 2.45) is 0 Å². The summed E-state index contributed by atoms with van der Waals surface area (Å²) >= 11 is 0. The lowest BCUT2D eigenvalue weighted by Gasteiger charge is -2.08. The fourth-order valence-electron chi connectivity index (χ4n) is 2.24. The summed E-state index contributed by atoms with van der Waals surface area (Å²) in [5.41, 5.74) is 0.872. The quantitative estimate of drug-likeness (QED) is 0.713. The highest BCUT2D eigenvalue weighted by Crippen LogP contribution is 2.15. The number of carbonyl (C=O) groups excluding carboxylic acids is 1. The number of anilines is 2. The Labute approximate surface area is 147 Å². The average molecular weight is 357 g/mol. The van der Waals surface area contributed by atoms with Crippen molar-refractivity contribution in [2.75, 3.05) is 10.6 Å². The third-order valence-corrected chi connectivity index (χ3v) is 3.62. The van der Waals surface area contributed by atoms with Gasteiger partial charge in [-0.25, -0.2) is 18.2 Å². The van der Waals surface area contributed by atoms with Crippen LogP contribution in [0.1, 0.15) is 15.9 Å². The van der Waals surface area contributed by atoms with Gasteiger partial charge in [0.1, 0.15) is 11.6 Å². The molecule has 2 aromatic carbocycles. The number of aromatic nitrogens is 1. The minimum absolute atomic E-state index is 0.135. The van der Waals surface area contributed by atoms with Gasteiger partial charge in [-0.05, 0) is 30.3 Å². The maximum atomic E-state index is 13.6. The van der Waals surface area contributed by atoms with E-state index in [1.165, 1.54) is 24.4 Å². The number of carbonyl (C=O) groups is 1. The minimum Gasteiger partial charge on any atom is -0.366 e. The highest BCUT2D eigenvalue weighted by molar-refractivity contribution is 6.04. The Hall–Kier alpha value is -3.35. The SMILES string of the molecule is O=C(Nc1ccc(F)c(F)c1)c1ccc(NCc2ccccc2F)nc1. The van der Waals surface area contributed by atoms with Gasteiger partial charge in [-0.2, -0.15) is 0 Å². The van der Waals surface area contributed by atoms with Crippen LogP contribution in [-0.4, -0.2) is 10.9 Å². The summed E-state index contributed by atoms with van der Waals surface area (Å²) in [5, 5.41) is 5.41. The van der Waals surface area contributed by atoms with Gasteiger partial charge in [0.2, 0.25) is 0 Å². The standard InChI is InChI=1S/C19H14F3N3O/c20-15-4-2-1-3-12(15)10-23-18-8-5-13(11-24-18)19(26)25-14-6-7-16(21)17(22)9-14/h1-9,11H,10H2,(H,23,24)(H,25,26). The second-order valence-electron chi connectivity index (χ2n) is 5.46. The molecule has 0 saturated heterocycles. The van der Waals surface area contributed by atoms with Crippen LogP contribution >= 0.6 is 0 Å². The maximum absolute atomic E-state index is 13.6. The molecule has 1 amide bonds. The number of halogens is 3. The third kappa shape index (κ3) is 4.18. The second-order valence-corrected chi connectivity index (χ2v) is 5.46. The van der Waals surface area contributed by atoms with Crippen LogP contribution in [0.4, 0.5) is 24.7 Å². The van der Waals surface area contributed by atoms with Crippen LogP contribution in [0.5, 0.6) is 0 Å². The number of amides is 1. The Bertz CT molecular complexity index is 930. The van der Waals surface area contributed by atoms with E-state index in [0.717, 1.165) is 12.1 Å².